The lowest BCUT2D eigenvalue weighted by Crippen LogP contribution is -2.13. The maximum absolute atomic E-state index is 12.3. The first-order valence-electron chi connectivity index (χ1n) is 5.85. The Morgan fingerprint density at radius 1 is 0.950 bits per heavy atom. The summed E-state index contributed by atoms with van der Waals surface area (Å²) in [4.78, 5) is 0.202. The molecule has 0 aliphatic heterocycles. The molecule has 0 fully saturated rings. The molecule has 3 nitrogen and oxygen atoms in total. The molecular weight excluding hydrogens is 317 g/mol. The lowest BCUT2D eigenvalue weighted by atomic mass is 10.2. The summed E-state index contributed by atoms with van der Waals surface area (Å²) >= 11 is 11.9. The molecule has 0 aromatic heterocycles. The van der Waals surface area contributed by atoms with Crippen molar-refractivity contribution >= 4 is 38.9 Å². The highest BCUT2D eigenvalue weighted by atomic mass is 35.5. The van der Waals surface area contributed by atoms with Gasteiger partial charge in [0.25, 0.3) is 10.0 Å². The molecular formula is C14H13Cl2NO2S. The molecule has 2 aromatic rings. The number of nitrogens with one attached hydrogen (secondary N) is 1. The van der Waals surface area contributed by atoms with E-state index in [9.17, 15) is 8.42 Å². The predicted octanol–water partition coefficient (Wildman–Crippen LogP) is 4.41. The SMILES string of the molecule is Cc1ccc(S(=O)(=O)Nc2ccc(Cl)c(Cl)c2C)cc1. The monoisotopic (exact) mass is 329 g/mol. The van der Waals surface area contributed by atoms with Crippen LogP contribution in [0.1, 0.15) is 11.1 Å². The zero-order valence-corrected chi connectivity index (χ0v) is 13.3. The molecule has 0 spiro atoms. The number of anilines is 1. The maximum atomic E-state index is 12.3. The van der Waals surface area contributed by atoms with E-state index in [1.807, 2.05) is 6.92 Å². The lowest BCUT2D eigenvalue weighted by molar-refractivity contribution is 0.601. The summed E-state index contributed by atoms with van der Waals surface area (Å²) in [7, 11) is -3.63. The molecule has 0 heterocycles. The Morgan fingerprint density at radius 3 is 2.15 bits per heavy atom. The second-order valence-electron chi connectivity index (χ2n) is 4.45. The lowest BCUT2D eigenvalue weighted by Gasteiger charge is -2.12. The van der Waals surface area contributed by atoms with Crippen LogP contribution in [0.4, 0.5) is 5.69 Å². The molecule has 0 atom stereocenters. The number of rotatable bonds is 3. The smallest absolute Gasteiger partial charge is 0.261 e. The Kier molecular flexibility index (Phi) is 4.28. The minimum absolute atomic E-state index is 0.202. The maximum Gasteiger partial charge on any atom is 0.261 e. The van der Waals surface area contributed by atoms with Gasteiger partial charge in [-0.25, -0.2) is 8.42 Å². The van der Waals surface area contributed by atoms with Crippen molar-refractivity contribution in [2.24, 2.45) is 0 Å². The molecule has 0 amide bonds. The summed E-state index contributed by atoms with van der Waals surface area (Å²) in [5.41, 5.74) is 2.00. The highest BCUT2D eigenvalue weighted by molar-refractivity contribution is 7.92. The van der Waals surface area contributed by atoms with E-state index in [-0.39, 0.29) is 4.90 Å². The van der Waals surface area contributed by atoms with Crippen LogP contribution in [0.3, 0.4) is 0 Å². The quantitative estimate of drug-likeness (QED) is 0.906. The molecule has 6 heteroatoms. The second kappa shape index (κ2) is 5.64. The van der Waals surface area contributed by atoms with Gasteiger partial charge in [0.2, 0.25) is 0 Å². The number of sulfonamides is 1. The largest absolute Gasteiger partial charge is 0.279 e. The van der Waals surface area contributed by atoms with Gasteiger partial charge in [0, 0.05) is 0 Å². The first-order chi connectivity index (χ1) is 9.31. The van der Waals surface area contributed by atoms with Crippen LogP contribution in [-0.2, 0) is 10.0 Å². The number of halogens is 2. The van der Waals surface area contributed by atoms with Gasteiger partial charge in [0.15, 0.2) is 0 Å². The first-order valence-corrected chi connectivity index (χ1v) is 8.09. The Morgan fingerprint density at radius 2 is 1.55 bits per heavy atom. The molecule has 0 unspecified atom stereocenters. The summed E-state index contributed by atoms with van der Waals surface area (Å²) in [5.74, 6) is 0. The van der Waals surface area contributed by atoms with E-state index in [0.29, 0.717) is 21.3 Å². The number of hydrogen-bond acceptors (Lipinski definition) is 2. The van der Waals surface area contributed by atoms with Gasteiger partial charge in [-0.15, -0.1) is 0 Å². The summed E-state index contributed by atoms with van der Waals surface area (Å²) in [6, 6.07) is 9.76. The van der Waals surface area contributed by atoms with Crippen LogP contribution in [0, 0.1) is 13.8 Å². The standard InChI is InChI=1S/C14H13Cl2NO2S/c1-9-3-5-11(6-4-9)20(18,19)17-13-8-7-12(15)14(16)10(13)2/h3-8,17H,1-2H3. The van der Waals surface area contributed by atoms with Crippen LogP contribution in [0.15, 0.2) is 41.3 Å². The molecule has 0 aliphatic rings. The van der Waals surface area contributed by atoms with Crippen LogP contribution in [-0.4, -0.2) is 8.42 Å². The van der Waals surface area contributed by atoms with Crippen LogP contribution >= 0.6 is 23.2 Å². The van der Waals surface area contributed by atoms with E-state index in [0.717, 1.165) is 5.56 Å². The average molecular weight is 330 g/mol. The molecule has 106 valence electrons. The van der Waals surface area contributed by atoms with Gasteiger partial charge in [-0.1, -0.05) is 40.9 Å². The molecule has 2 rings (SSSR count). The fourth-order valence-corrected chi connectivity index (χ4v) is 3.18. The molecule has 0 aliphatic carbocycles. The van der Waals surface area contributed by atoms with Gasteiger partial charge in [-0.05, 0) is 43.7 Å². The molecule has 0 radical (unpaired) electrons. The van der Waals surface area contributed by atoms with Crippen molar-refractivity contribution in [3.63, 3.8) is 0 Å². The van der Waals surface area contributed by atoms with Gasteiger partial charge in [-0.2, -0.15) is 0 Å². The van der Waals surface area contributed by atoms with E-state index >= 15 is 0 Å². The van der Waals surface area contributed by atoms with Gasteiger partial charge >= 0.3 is 0 Å². The van der Waals surface area contributed by atoms with Crippen molar-refractivity contribution in [1.82, 2.24) is 0 Å². The van der Waals surface area contributed by atoms with Crippen molar-refractivity contribution in [1.29, 1.82) is 0 Å². The Labute approximate surface area is 128 Å². The minimum Gasteiger partial charge on any atom is -0.279 e. The van der Waals surface area contributed by atoms with Crippen molar-refractivity contribution in [2.45, 2.75) is 18.7 Å². The zero-order chi connectivity index (χ0) is 14.9. The van der Waals surface area contributed by atoms with E-state index in [1.165, 1.54) is 0 Å². The minimum atomic E-state index is -3.63. The fraction of sp³-hybridized carbons (Fsp3) is 0.143. The van der Waals surface area contributed by atoms with Crippen molar-refractivity contribution in [3.8, 4) is 0 Å². The van der Waals surface area contributed by atoms with Crippen LogP contribution in [0.5, 0.6) is 0 Å². The second-order valence-corrected chi connectivity index (χ2v) is 6.92. The fourth-order valence-electron chi connectivity index (χ4n) is 1.68. The molecule has 0 saturated carbocycles. The Hall–Kier alpha value is -1.23. The number of benzene rings is 2. The molecule has 2 aromatic carbocycles. The summed E-state index contributed by atoms with van der Waals surface area (Å²) < 4.78 is 27.1. The van der Waals surface area contributed by atoms with E-state index in [2.05, 4.69) is 4.72 Å². The highest BCUT2D eigenvalue weighted by Crippen LogP contribution is 2.31. The van der Waals surface area contributed by atoms with Gasteiger partial charge in [-0.3, -0.25) is 4.72 Å². The third kappa shape index (κ3) is 3.08. The van der Waals surface area contributed by atoms with Gasteiger partial charge in [0.1, 0.15) is 0 Å². The average Bonchev–Trinajstić information content (AvgIpc) is 2.40. The topological polar surface area (TPSA) is 46.2 Å². The normalized spacial score (nSPS) is 11.4. The van der Waals surface area contributed by atoms with Crippen molar-refractivity contribution < 1.29 is 8.42 Å². The Bertz CT molecular complexity index is 741. The van der Waals surface area contributed by atoms with Crippen LogP contribution in [0.25, 0.3) is 0 Å². The highest BCUT2D eigenvalue weighted by Gasteiger charge is 2.16. The van der Waals surface area contributed by atoms with Gasteiger partial charge in [0.05, 0.1) is 20.6 Å². The molecule has 20 heavy (non-hydrogen) atoms. The van der Waals surface area contributed by atoms with Crippen molar-refractivity contribution in [2.75, 3.05) is 4.72 Å². The van der Waals surface area contributed by atoms with Crippen molar-refractivity contribution in [3.05, 3.63) is 57.6 Å². The Balaban J connectivity index is 2.38. The summed E-state index contributed by atoms with van der Waals surface area (Å²) in [6.45, 7) is 3.61. The van der Waals surface area contributed by atoms with Crippen LogP contribution in [0.2, 0.25) is 10.0 Å². The third-order valence-corrected chi connectivity index (χ3v) is 5.20. The third-order valence-electron chi connectivity index (χ3n) is 2.91. The summed E-state index contributed by atoms with van der Waals surface area (Å²) in [6.07, 6.45) is 0. The summed E-state index contributed by atoms with van der Waals surface area (Å²) in [5, 5.41) is 0.734. The van der Waals surface area contributed by atoms with Crippen LogP contribution < -0.4 is 4.72 Å². The first kappa shape index (κ1) is 15.2. The van der Waals surface area contributed by atoms with E-state index in [4.69, 9.17) is 23.2 Å². The zero-order valence-electron chi connectivity index (χ0n) is 10.9. The van der Waals surface area contributed by atoms with E-state index < -0.39 is 10.0 Å². The molecule has 1 N–H and O–H groups in total. The van der Waals surface area contributed by atoms with E-state index in [1.54, 1.807) is 43.3 Å². The molecule has 0 bridgehead atoms. The predicted molar refractivity (Wildman–Crippen MR) is 83.2 cm³/mol. The van der Waals surface area contributed by atoms with Gasteiger partial charge < -0.3 is 0 Å². The number of hydrogen-bond donors (Lipinski definition) is 1. The number of aryl methyl sites for hydroxylation is 1. The molecule has 0 saturated heterocycles.